The van der Waals surface area contributed by atoms with Gasteiger partial charge in [0.15, 0.2) is 0 Å². The van der Waals surface area contributed by atoms with E-state index in [0.717, 1.165) is 30.0 Å². The van der Waals surface area contributed by atoms with Gasteiger partial charge in [-0.25, -0.2) is 9.37 Å². The molecule has 39 heavy (non-hydrogen) atoms. The number of halogens is 1. The van der Waals surface area contributed by atoms with Gasteiger partial charge in [0.1, 0.15) is 23.4 Å². The average Bonchev–Trinajstić information content (AvgIpc) is 2.96. The lowest BCUT2D eigenvalue weighted by Crippen LogP contribution is -2.42. The molecule has 0 aliphatic carbocycles. The number of aromatic nitrogens is 1. The molecule has 3 aromatic rings. The summed E-state index contributed by atoms with van der Waals surface area (Å²) in [6.07, 6.45) is 8.84. The summed E-state index contributed by atoms with van der Waals surface area (Å²) < 4.78 is 24.9. The SMILES string of the molecule is CC(=O)Nc1ccc(OC2CCN(C(=O)C3=CN(c4ccc(Oc5ccc(F)cc5)nc4)CC=C3)CC2)cc1. The van der Waals surface area contributed by atoms with Gasteiger partial charge >= 0.3 is 0 Å². The van der Waals surface area contributed by atoms with Gasteiger partial charge in [0.2, 0.25) is 11.8 Å². The zero-order chi connectivity index (χ0) is 27.2. The highest BCUT2D eigenvalue weighted by Crippen LogP contribution is 2.26. The molecule has 3 heterocycles. The number of benzene rings is 2. The molecule has 1 aromatic heterocycles. The number of likely N-dealkylation sites (tertiary alicyclic amines) is 1. The number of rotatable bonds is 7. The molecule has 200 valence electrons. The Morgan fingerprint density at radius 3 is 2.36 bits per heavy atom. The fourth-order valence-electron chi connectivity index (χ4n) is 4.46. The first-order valence-corrected chi connectivity index (χ1v) is 12.8. The van der Waals surface area contributed by atoms with Gasteiger partial charge in [-0.05, 0) is 54.6 Å². The van der Waals surface area contributed by atoms with E-state index in [1.54, 1.807) is 24.4 Å². The molecule has 8 nitrogen and oxygen atoms in total. The number of nitrogens with one attached hydrogen (secondary N) is 1. The van der Waals surface area contributed by atoms with Gasteiger partial charge in [0.05, 0.1) is 17.5 Å². The van der Waals surface area contributed by atoms with Crippen LogP contribution in [0.2, 0.25) is 0 Å². The maximum Gasteiger partial charge on any atom is 0.255 e. The average molecular weight is 529 g/mol. The van der Waals surface area contributed by atoms with Crippen LogP contribution in [0.4, 0.5) is 15.8 Å². The number of hydrogen-bond acceptors (Lipinski definition) is 6. The number of pyridine rings is 1. The van der Waals surface area contributed by atoms with Crippen molar-refractivity contribution in [1.29, 1.82) is 0 Å². The molecule has 2 aromatic carbocycles. The Hall–Kier alpha value is -4.66. The molecule has 5 rings (SSSR count). The van der Waals surface area contributed by atoms with E-state index in [0.29, 0.717) is 36.8 Å². The predicted molar refractivity (Wildman–Crippen MR) is 146 cm³/mol. The lowest BCUT2D eigenvalue weighted by molar-refractivity contribution is -0.128. The van der Waals surface area contributed by atoms with Crippen molar-refractivity contribution >= 4 is 23.2 Å². The molecule has 0 unspecified atom stereocenters. The lowest BCUT2D eigenvalue weighted by atomic mass is 10.1. The van der Waals surface area contributed by atoms with Crippen LogP contribution in [0.1, 0.15) is 19.8 Å². The van der Waals surface area contributed by atoms with E-state index in [9.17, 15) is 14.0 Å². The Bertz CT molecular complexity index is 1360. The molecule has 1 saturated heterocycles. The Morgan fingerprint density at radius 2 is 1.69 bits per heavy atom. The third-order valence-electron chi connectivity index (χ3n) is 6.44. The number of nitrogens with zero attached hydrogens (tertiary/aromatic N) is 3. The van der Waals surface area contributed by atoms with Crippen molar-refractivity contribution < 1.29 is 23.5 Å². The minimum atomic E-state index is -0.329. The largest absolute Gasteiger partial charge is 0.490 e. The highest BCUT2D eigenvalue weighted by molar-refractivity contribution is 5.97. The number of anilines is 2. The number of piperidine rings is 1. The fourth-order valence-corrected chi connectivity index (χ4v) is 4.46. The number of carbonyl (C=O) groups is 2. The second kappa shape index (κ2) is 11.8. The van der Waals surface area contributed by atoms with Gasteiger partial charge in [-0.3, -0.25) is 9.59 Å². The first-order valence-electron chi connectivity index (χ1n) is 12.8. The van der Waals surface area contributed by atoms with Gasteiger partial charge in [0, 0.05) is 57.4 Å². The smallest absolute Gasteiger partial charge is 0.255 e. The van der Waals surface area contributed by atoms with Crippen LogP contribution in [0.5, 0.6) is 17.4 Å². The molecule has 1 fully saturated rings. The van der Waals surface area contributed by atoms with Crippen LogP contribution in [-0.2, 0) is 9.59 Å². The van der Waals surface area contributed by atoms with Crippen molar-refractivity contribution in [2.75, 3.05) is 29.9 Å². The summed E-state index contributed by atoms with van der Waals surface area (Å²) >= 11 is 0. The van der Waals surface area contributed by atoms with Crippen molar-refractivity contribution in [1.82, 2.24) is 9.88 Å². The third kappa shape index (κ3) is 6.81. The van der Waals surface area contributed by atoms with E-state index >= 15 is 0 Å². The quantitative estimate of drug-likeness (QED) is 0.448. The molecule has 2 aliphatic heterocycles. The monoisotopic (exact) mass is 528 g/mol. The molecule has 9 heteroatoms. The van der Waals surface area contributed by atoms with Gasteiger partial charge in [-0.1, -0.05) is 12.2 Å². The molecule has 0 radical (unpaired) electrons. The van der Waals surface area contributed by atoms with E-state index < -0.39 is 0 Å². The van der Waals surface area contributed by atoms with Crippen LogP contribution in [-0.4, -0.2) is 47.4 Å². The zero-order valence-corrected chi connectivity index (χ0v) is 21.5. The van der Waals surface area contributed by atoms with Crippen LogP contribution in [0.3, 0.4) is 0 Å². The molecule has 0 spiro atoms. The van der Waals surface area contributed by atoms with Gasteiger partial charge in [-0.2, -0.15) is 0 Å². The van der Waals surface area contributed by atoms with Gasteiger partial charge in [0.25, 0.3) is 5.91 Å². The molecular weight excluding hydrogens is 499 g/mol. The topological polar surface area (TPSA) is 84.0 Å². The summed E-state index contributed by atoms with van der Waals surface area (Å²) in [5.74, 6) is 1.18. The van der Waals surface area contributed by atoms with Crippen LogP contribution in [0.25, 0.3) is 0 Å². The molecule has 0 saturated carbocycles. The van der Waals surface area contributed by atoms with Crippen molar-refractivity contribution in [3.63, 3.8) is 0 Å². The summed E-state index contributed by atoms with van der Waals surface area (Å²) in [5, 5.41) is 2.74. The highest BCUT2D eigenvalue weighted by atomic mass is 19.1. The summed E-state index contributed by atoms with van der Waals surface area (Å²) in [6, 6.07) is 16.7. The van der Waals surface area contributed by atoms with Crippen LogP contribution >= 0.6 is 0 Å². The first-order chi connectivity index (χ1) is 18.9. The van der Waals surface area contributed by atoms with E-state index in [2.05, 4.69) is 10.3 Å². The fraction of sp³-hybridized carbons (Fsp3) is 0.233. The number of amides is 2. The number of hydrogen-bond donors (Lipinski definition) is 1. The Labute approximate surface area is 226 Å². The summed E-state index contributed by atoms with van der Waals surface area (Å²) in [6.45, 7) is 3.30. The molecular formula is C30H29FN4O4. The lowest BCUT2D eigenvalue weighted by Gasteiger charge is -2.33. The third-order valence-corrected chi connectivity index (χ3v) is 6.44. The van der Waals surface area contributed by atoms with E-state index in [4.69, 9.17) is 9.47 Å². The van der Waals surface area contributed by atoms with Crippen molar-refractivity contribution in [3.8, 4) is 17.4 Å². The second-order valence-electron chi connectivity index (χ2n) is 9.36. The minimum absolute atomic E-state index is 0.0155. The van der Waals surface area contributed by atoms with Gasteiger partial charge < -0.3 is 24.6 Å². The Kier molecular flexibility index (Phi) is 7.86. The van der Waals surface area contributed by atoms with E-state index in [1.807, 2.05) is 58.5 Å². The van der Waals surface area contributed by atoms with Crippen LogP contribution in [0, 0.1) is 5.82 Å². The minimum Gasteiger partial charge on any atom is -0.490 e. The summed E-state index contributed by atoms with van der Waals surface area (Å²) in [5.41, 5.74) is 2.16. The maximum absolute atomic E-state index is 13.2. The number of carbonyl (C=O) groups excluding carboxylic acids is 2. The predicted octanol–water partition coefficient (Wildman–Crippen LogP) is 5.30. The summed E-state index contributed by atoms with van der Waals surface area (Å²) in [4.78, 5) is 32.6. The molecule has 2 aliphatic rings. The Morgan fingerprint density at radius 1 is 0.974 bits per heavy atom. The first kappa shape index (κ1) is 26.0. The van der Waals surface area contributed by atoms with Crippen molar-refractivity contribution in [2.45, 2.75) is 25.9 Å². The standard InChI is InChI=1S/C30H29FN4O4/c1-21(36)33-24-6-11-26(12-7-24)38-28-14-17-34(18-15-28)30(37)22-3-2-16-35(20-22)25-8-13-29(32-19-25)39-27-9-4-23(31)5-10-27/h2-13,19-20,28H,14-18H2,1H3,(H,33,36). The van der Waals surface area contributed by atoms with Crippen LogP contribution in [0.15, 0.2) is 90.8 Å². The van der Waals surface area contributed by atoms with Crippen molar-refractivity contribution in [3.05, 3.63) is 96.6 Å². The van der Waals surface area contributed by atoms with Gasteiger partial charge in [-0.15, -0.1) is 0 Å². The maximum atomic E-state index is 13.2. The second-order valence-corrected chi connectivity index (χ2v) is 9.36. The summed E-state index contributed by atoms with van der Waals surface area (Å²) in [7, 11) is 0. The Balaban J connectivity index is 1.14. The highest BCUT2D eigenvalue weighted by Gasteiger charge is 2.26. The van der Waals surface area contributed by atoms with Crippen molar-refractivity contribution in [2.24, 2.45) is 0 Å². The normalized spacial score (nSPS) is 15.5. The zero-order valence-electron chi connectivity index (χ0n) is 21.5. The number of ether oxygens (including phenoxy) is 2. The molecule has 1 N–H and O–H groups in total. The van der Waals surface area contributed by atoms with Crippen LogP contribution < -0.4 is 19.7 Å². The molecule has 0 atom stereocenters. The van der Waals surface area contributed by atoms with E-state index in [1.165, 1.54) is 19.1 Å². The van der Waals surface area contributed by atoms with E-state index in [-0.39, 0.29) is 23.7 Å². The molecule has 0 bridgehead atoms. The molecule has 2 amide bonds.